The third-order valence-electron chi connectivity index (χ3n) is 4.20. The second-order valence-electron chi connectivity index (χ2n) is 5.99. The summed E-state index contributed by atoms with van der Waals surface area (Å²) in [4.78, 5) is 21.0. The molecule has 1 aliphatic heterocycles. The minimum Gasteiger partial charge on any atom is -0.381 e. The van der Waals surface area contributed by atoms with Crippen LogP contribution in [-0.2, 0) is 4.74 Å². The van der Waals surface area contributed by atoms with E-state index in [0.717, 1.165) is 48.6 Å². The number of hydrogen-bond acceptors (Lipinski definition) is 4. The molecule has 5 heteroatoms. The molecular weight excluding hydrogens is 290 g/mol. The van der Waals surface area contributed by atoms with E-state index in [1.54, 1.807) is 6.07 Å². The van der Waals surface area contributed by atoms with E-state index in [1.165, 1.54) is 6.33 Å². The summed E-state index contributed by atoms with van der Waals surface area (Å²) >= 11 is 0. The molecule has 3 rings (SSSR count). The first-order valence-corrected chi connectivity index (χ1v) is 7.92. The molecule has 1 N–H and O–H groups in total. The normalized spacial score (nSPS) is 15.4. The van der Waals surface area contributed by atoms with Crippen molar-refractivity contribution in [2.45, 2.75) is 32.6 Å². The van der Waals surface area contributed by atoms with Crippen molar-refractivity contribution >= 4 is 11.6 Å². The SMILES string of the molecule is Cc1ccc(C)c(NC(=O)c2cc(C3CCOCC3)ncn2)c1. The van der Waals surface area contributed by atoms with Crippen molar-refractivity contribution in [1.82, 2.24) is 9.97 Å². The van der Waals surface area contributed by atoms with E-state index in [1.807, 2.05) is 32.0 Å². The Labute approximate surface area is 136 Å². The lowest BCUT2D eigenvalue weighted by Crippen LogP contribution is -2.18. The maximum Gasteiger partial charge on any atom is 0.274 e. The number of benzene rings is 1. The lowest BCUT2D eigenvalue weighted by molar-refractivity contribution is 0.0844. The van der Waals surface area contributed by atoms with Gasteiger partial charge in [-0.2, -0.15) is 0 Å². The maximum absolute atomic E-state index is 12.5. The number of aryl methyl sites for hydroxylation is 2. The number of nitrogens with one attached hydrogen (secondary N) is 1. The van der Waals surface area contributed by atoms with Gasteiger partial charge in [-0.25, -0.2) is 9.97 Å². The van der Waals surface area contributed by atoms with Gasteiger partial charge in [0, 0.05) is 30.5 Å². The molecule has 2 aromatic rings. The van der Waals surface area contributed by atoms with Crippen LogP contribution in [0.3, 0.4) is 0 Å². The number of carbonyl (C=O) groups is 1. The molecule has 2 heterocycles. The van der Waals surface area contributed by atoms with E-state index in [4.69, 9.17) is 4.74 Å². The number of rotatable bonds is 3. The molecule has 1 saturated heterocycles. The molecule has 120 valence electrons. The van der Waals surface area contributed by atoms with Gasteiger partial charge in [-0.1, -0.05) is 12.1 Å². The maximum atomic E-state index is 12.5. The van der Waals surface area contributed by atoms with E-state index >= 15 is 0 Å². The van der Waals surface area contributed by atoms with Crippen LogP contribution in [0.15, 0.2) is 30.6 Å². The van der Waals surface area contributed by atoms with Gasteiger partial charge in [0.2, 0.25) is 0 Å². The van der Waals surface area contributed by atoms with Gasteiger partial charge in [0.1, 0.15) is 12.0 Å². The van der Waals surface area contributed by atoms with Crippen molar-refractivity contribution in [3.05, 3.63) is 53.1 Å². The highest BCUT2D eigenvalue weighted by molar-refractivity contribution is 6.03. The van der Waals surface area contributed by atoms with Crippen molar-refractivity contribution in [2.75, 3.05) is 18.5 Å². The minimum atomic E-state index is -0.200. The summed E-state index contributed by atoms with van der Waals surface area (Å²) in [7, 11) is 0. The quantitative estimate of drug-likeness (QED) is 0.945. The van der Waals surface area contributed by atoms with Crippen LogP contribution in [0.2, 0.25) is 0 Å². The zero-order valence-corrected chi connectivity index (χ0v) is 13.5. The first-order chi connectivity index (χ1) is 11.1. The molecule has 0 atom stereocenters. The minimum absolute atomic E-state index is 0.200. The molecular formula is C18H21N3O2. The van der Waals surface area contributed by atoms with Gasteiger partial charge < -0.3 is 10.1 Å². The topological polar surface area (TPSA) is 64.1 Å². The number of amides is 1. The van der Waals surface area contributed by atoms with Crippen LogP contribution >= 0.6 is 0 Å². The zero-order valence-electron chi connectivity index (χ0n) is 13.5. The molecule has 0 radical (unpaired) electrons. The van der Waals surface area contributed by atoms with Crippen molar-refractivity contribution in [3.8, 4) is 0 Å². The first-order valence-electron chi connectivity index (χ1n) is 7.92. The van der Waals surface area contributed by atoms with Gasteiger partial charge in [0.15, 0.2) is 0 Å². The van der Waals surface area contributed by atoms with Gasteiger partial charge >= 0.3 is 0 Å². The number of nitrogens with zero attached hydrogens (tertiary/aromatic N) is 2. The second-order valence-corrected chi connectivity index (χ2v) is 5.99. The van der Waals surface area contributed by atoms with Crippen LogP contribution in [0.5, 0.6) is 0 Å². The summed E-state index contributed by atoms with van der Waals surface area (Å²) in [6.07, 6.45) is 3.35. The largest absolute Gasteiger partial charge is 0.381 e. The molecule has 23 heavy (non-hydrogen) atoms. The smallest absolute Gasteiger partial charge is 0.274 e. The fourth-order valence-corrected chi connectivity index (χ4v) is 2.77. The molecule has 1 aliphatic rings. The molecule has 1 aromatic carbocycles. The number of anilines is 1. The Hall–Kier alpha value is -2.27. The van der Waals surface area contributed by atoms with Crippen LogP contribution in [-0.4, -0.2) is 29.1 Å². The molecule has 1 aromatic heterocycles. The molecule has 0 unspecified atom stereocenters. The van der Waals surface area contributed by atoms with Gasteiger partial charge in [-0.3, -0.25) is 4.79 Å². The van der Waals surface area contributed by atoms with E-state index in [-0.39, 0.29) is 5.91 Å². The zero-order chi connectivity index (χ0) is 16.2. The third-order valence-corrected chi connectivity index (χ3v) is 4.20. The molecule has 0 spiro atoms. The van der Waals surface area contributed by atoms with E-state index < -0.39 is 0 Å². The van der Waals surface area contributed by atoms with Gasteiger partial charge in [0.05, 0.1) is 0 Å². The molecule has 0 bridgehead atoms. The summed E-state index contributed by atoms with van der Waals surface area (Å²) in [5.74, 6) is 0.147. The summed E-state index contributed by atoms with van der Waals surface area (Å²) in [6.45, 7) is 5.48. The fraction of sp³-hybridized carbons (Fsp3) is 0.389. The molecule has 0 saturated carbocycles. The average Bonchev–Trinajstić information content (AvgIpc) is 2.59. The molecule has 1 amide bonds. The second kappa shape index (κ2) is 6.87. The van der Waals surface area contributed by atoms with Crippen molar-refractivity contribution < 1.29 is 9.53 Å². The summed E-state index contributed by atoms with van der Waals surface area (Å²) < 4.78 is 5.38. The number of carbonyl (C=O) groups excluding carboxylic acids is 1. The average molecular weight is 311 g/mol. The highest BCUT2D eigenvalue weighted by atomic mass is 16.5. The Morgan fingerprint density at radius 2 is 1.96 bits per heavy atom. The lowest BCUT2D eigenvalue weighted by Gasteiger charge is -2.21. The Bertz CT molecular complexity index is 709. The predicted molar refractivity (Wildman–Crippen MR) is 88.7 cm³/mol. The Morgan fingerprint density at radius 3 is 2.74 bits per heavy atom. The number of aromatic nitrogens is 2. The van der Waals surface area contributed by atoms with Crippen molar-refractivity contribution in [2.24, 2.45) is 0 Å². The number of hydrogen-bond donors (Lipinski definition) is 1. The Kier molecular flexibility index (Phi) is 4.67. The predicted octanol–water partition coefficient (Wildman–Crippen LogP) is 3.24. The first kappa shape index (κ1) is 15.6. The highest BCUT2D eigenvalue weighted by Gasteiger charge is 2.19. The third kappa shape index (κ3) is 3.74. The fourth-order valence-electron chi connectivity index (χ4n) is 2.77. The van der Waals surface area contributed by atoms with Crippen LogP contribution in [0.25, 0.3) is 0 Å². The van der Waals surface area contributed by atoms with E-state index in [2.05, 4.69) is 15.3 Å². The molecule has 1 fully saturated rings. The van der Waals surface area contributed by atoms with Crippen LogP contribution in [0.1, 0.15) is 46.1 Å². The monoisotopic (exact) mass is 311 g/mol. The molecule has 5 nitrogen and oxygen atoms in total. The van der Waals surface area contributed by atoms with Gasteiger partial charge in [-0.05, 0) is 49.9 Å². The summed E-state index contributed by atoms with van der Waals surface area (Å²) in [6, 6.07) is 7.79. The van der Waals surface area contributed by atoms with Gasteiger partial charge in [0.25, 0.3) is 5.91 Å². The van der Waals surface area contributed by atoms with E-state index in [0.29, 0.717) is 11.6 Å². The molecule has 0 aliphatic carbocycles. The van der Waals surface area contributed by atoms with Gasteiger partial charge in [-0.15, -0.1) is 0 Å². The standard InChI is InChI=1S/C18H21N3O2/c1-12-3-4-13(2)15(9-12)21-18(22)17-10-16(19-11-20-17)14-5-7-23-8-6-14/h3-4,9-11,14H,5-8H2,1-2H3,(H,21,22). The Balaban J connectivity index is 1.78. The van der Waals surface area contributed by atoms with Crippen LogP contribution < -0.4 is 5.32 Å². The van der Waals surface area contributed by atoms with Crippen molar-refractivity contribution in [1.29, 1.82) is 0 Å². The lowest BCUT2D eigenvalue weighted by atomic mass is 9.96. The summed E-state index contributed by atoms with van der Waals surface area (Å²) in [5, 5.41) is 2.94. The van der Waals surface area contributed by atoms with E-state index in [9.17, 15) is 4.79 Å². The Morgan fingerprint density at radius 1 is 1.17 bits per heavy atom. The highest BCUT2D eigenvalue weighted by Crippen LogP contribution is 2.25. The van der Waals surface area contributed by atoms with Crippen LogP contribution in [0, 0.1) is 13.8 Å². The van der Waals surface area contributed by atoms with Crippen molar-refractivity contribution in [3.63, 3.8) is 0 Å². The summed E-state index contributed by atoms with van der Waals surface area (Å²) in [5.41, 5.74) is 4.29. The van der Waals surface area contributed by atoms with Crippen LogP contribution in [0.4, 0.5) is 5.69 Å². The number of ether oxygens (including phenoxy) is 1.